The molecule has 0 bridgehead atoms. The standard InChI is InChI=1S/C34H32O5/c1-24-13-15-25(16-14-24)21-37-27-19-17-26(18-20-27)22-38-33(35)11-6-12-34(36)39-23-32-30-9-4-2-7-28(30)29-8-3-5-10-31(29)32/h2-5,7-10,13-20,32H,6,11-12,21-23H2,1H3. The minimum absolute atomic E-state index is 0.0331. The van der Waals surface area contributed by atoms with Gasteiger partial charge in [0.1, 0.15) is 25.6 Å². The van der Waals surface area contributed by atoms with E-state index >= 15 is 0 Å². The number of esters is 2. The zero-order valence-electron chi connectivity index (χ0n) is 22.1. The Balaban J connectivity index is 1.00. The number of fused-ring (bicyclic) bond motifs is 3. The first-order chi connectivity index (χ1) is 19.1. The van der Waals surface area contributed by atoms with Gasteiger partial charge in [-0.2, -0.15) is 0 Å². The van der Waals surface area contributed by atoms with Gasteiger partial charge in [-0.1, -0.05) is 90.5 Å². The van der Waals surface area contributed by atoms with E-state index in [1.807, 2.05) is 48.5 Å². The SMILES string of the molecule is Cc1ccc(COc2ccc(COC(=O)CCCC(=O)OCC3c4ccccc4-c4ccccc43)cc2)cc1. The van der Waals surface area contributed by atoms with E-state index in [2.05, 4.69) is 55.5 Å². The molecule has 0 fully saturated rings. The molecular weight excluding hydrogens is 488 g/mol. The zero-order chi connectivity index (χ0) is 27.0. The number of aryl methyl sites for hydroxylation is 1. The summed E-state index contributed by atoms with van der Waals surface area (Å²) in [5.41, 5.74) is 7.96. The van der Waals surface area contributed by atoms with Gasteiger partial charge in [-0.05, 0) is 58.9 Å². The maximum absolute atomic E-state index is 12.4. The summed E-state index contributed by atoms with van der Waals surface area (Å²) in [7, 11) is 0. The monoisotopic (exact) mass is 520 g/mol. The number of carbonyl (C=O) groups is 2. The fraction of sp³-hybridized carbons (Fsp3) is 0.235. The van der Waals surface area contributed by atoms with E-state index in [4.69, 9.17) is 14.2 Å². The lowest BCUT2D eigenvalue weighted by Gasteiger charge is -2.14. The Kier molecular flexibility index (Phi) is 8.37. The minimum atomic E-state index is -0.332. The normalized spacial score (nSPS) is 11.9. The van der Waals surface area contributed by atoms with Crippen LogP contribution in [0.4, 0.5) is 0 Å². The lowest BCUT2D eigenvalue weighted by atomic mass is 9.98. The van der Waals surface area contributed by atoms with Crippen LogP contribution < -0.4 is 4.74 Å². The smallest absolute Gasteiger partial charge is 0.306 e. The maximum Gasteiger partial charge on any atom is 0.306 e. The average Bonchev–Trinajstić information content (AvgIpc) is 3.29. The molecule has 0 atom stereocenters. The second kappa shape index (κ2) is 12.4. The lowest BCUT2D eigenvalue weighted by Crippen LogP contribution is -2.13. The summed E-state index contributed by atoms with van der Waals surface area (Å²) in [6, 6.07) is 32.2. The zero-order valence-corrected chi connectivity index (χ0v) is 22.1. The van der Waals surface area contributed by atoms with E-state index in [0.29, 0.717) is 19.6 Å². The molecule has 0 N–H and O–H groups in total. The Hall–Kier alpha value is -4.38. The van der Waals surface area contributed by atoms with Crippen molar-refractivity contribution in [3.63, 3.8) is 0 Å². The highest BCUT2D eigenvalue weighted by atomic mass is 16.5. The van der Waals surface area contributed by atoms with Crippen LogP contribution in [0.1, 0.15) is 53.0 Å². The van der Waals surface area contributed by atoms with Crippen molar-refractivity contribution >= 4 is 11.9 Å². The number of hydrogen-bond acceptors (Lipinski definition) is 5. The van der Waals surface area contributed by atoms with Crippen LogP contribution in [-0.4, -0.2) is 18.5 Å². The van der Waals surface area contributed by atoms with Crippen LogP contribution in [0, 0.1) is 6.92 Å². The number of carbonyl (C=O) groups excluding carboxylic acids is 2. The van der Waals surface area contributed by atoms with Gasteiger partial charge in [-0.25, -0.2) is 0 Å². The number of rotatable bonds is 11. The Labute approximate surface area is 229 Å². The molecule has 0 saturated heterocycles. The Bertz CT molecular complexity index is 1380. The summed E-state index contributed by atoms with van der Waals surface area (Å²) in [6.07, 6.45) is 0.737. The quantitative estimate of drug-likeness (QED) is 0.197. The minimum Gasteiger partial charge on any atom is -0.489 e. The molecule has 0 aromatic heterocycles. The van der Waals surface area contributed by atoms with E-state index in [1.54, 1.807) is 0 Å². The van der Waals surface area contributed by atoms with Gasteiger partial charge in [0.2, 0.25) is 0 Å². The second-order valence-electron chi connectivity index (χ2n) is 9.84. The first-order valence-corrected chi connectivity index (χ1v) is 13.3. The van der Waals surface area contributed by atoms with E-state index in [1.165, 1.54) is 27.8 Å². The van der Waals surface area contributed by atoms with Crippen molar-refractivity contribution in [1.29, 1.82) is 0 Å². The van der Waals surface area contributed by atoms with Gasteiger partial charge in [0.15, 0.2) is 0 Å². The van der Waals surface area contributed by atoms with Crippen molar-refractivity contribution < 1.29 is 23.8 Å². The van der Waals surface area contributed by atoms with Gasteiger partial charge in [-0.3, -0.25) is 9.59 Å². The molecule has 5 heteroatoms. The summed E-state index contributed by atoms with van der Waals surface area (Å²) in [6.45, 7) is 3.03. The maximum atomic E-state index is 12.4. The molecular formula is C34H32O5. The summed E-state index contributed by atoms with van der Waals surface area (Å²) >= 11 is 0. The van der Waals surface area contributed by atoms with Crippen LogP contribution in [0.25, 0.3) is 11.1 Å². The van der Waals surface area contributed by atoms with E-state index in [0.717, 1.165) is 16.9 Å². The molecule has 0 aliphatic heterocycles. The van der Waals surface area contributed by atoms with Crippen molar-refractivity contribution in [2.45, 2.75) is 45.3 Å². The third-order valence-corrected chi connectivity index (χ3v) is 6.98. The largest absolute Gasteiger partial charge is 0.489 e. The Morgan fingerprint density at radius 2 is 1.18 bits per heavy atom. The Morgan fingerprint density at radius 1 is 0.641 bits per heavy atom. The third-order valence-electron chi connectivity index (χ3n) is 6.98. The molecule has 0 heterocycles. The molecule has 0 saturated carbocycles. The highest BCUT2D eigenvalue weighted by molar-refractivity contribution is 5.79. The van der Waals surface area contributed by atoms with Crippen molar-refractivity contribution in [3.8, 4) is 16.9 Å². The van der Waals surface area contributed by atoms with Crippen LogP contribution >= 0.6 is 0 Å². The van der Waals surface area contributed by atoms with Crippen molar-refractivity contribution in [3.05, 3.63) is 125 Å². The summed E-state index contributed by atoms with van der Waals surface area (Å²) in [5.74, 6) is 0.159. The van der Waals surface area contributed by atoms with Crippen molar-refractivity contribution in [2.24, 2.45) is 0 Å². The Morgan fingerprint density at radius 3 is 1.82 bits per heavy atom. The fourth-order valence-electron chi connectivity index (χ4n) is 4.83. The second-order valence-corrected chi connectivity index (χ2v) is 9.84. The van der Waals surface area contributed by atoms with E-state index in [9.17, 15) is 9.59 Å². The molecule has 5 nitrogen and oxygen atoms in total. The molecule has 4 aromatic carbocycles. The lowest BCUT2D eigenvalue weighted by molar-refractivity contribution is -0.146. The number of ether oxygens (including phenoxy) is 3. The summed E-state index contributed by atoms with van der Waals surface area (Å²) in [4.78, 5) is 24.6. The number of benzene rings is 4. The highest BCUT2D eigenvalue weighted by Gasteiger charge is 2.28. The molecule has 0 amide bonds. The van der Waals surface area contributed by atoms with Crippen LogP contribution in [0.15, 0.2) is 97.1 Å². The van der Waals surface area contributed by atoms with Gasteiger partial charge < -0.3 is 14.2 Å². The van der Waals surface area contributed by atoms with E-state index < -0.39 is 0 Å². The predicted molar refractivity (Wildman–Crippen MR) is 150 cm³/mol. The molecule has 4 aromatic rings. The summed E-state index contributed by atoms with van der Waals surface area (Å²) < 4.78 is 16.8. The molecule has 1 aliphatic carbocycles. The van der Waals surface area contributed by atoms with E-state index in [-0.39, 0.29) is 37.3 Å². The van der Waals surface area contributed by atoms with Gasteiger partial charge in [0.05, 0.1) is 0 Å². The average molecular weight is 521 g/mol. The van der Waals surface area contributed by atoms with Gasteiger partial charge in [0.25, 0.3) is 0 Å². The fourth-order valence-corrected chi connectivity index (χ4v) is 4.83. The van der Waals surface area contributed by atoms with Gasteiger partial charge in [0, 0.05) is 18.8 Å². The predicted octanol–water partition coefficient (Wildman–Crippen LogP) is 7.14. The topological polar surface area (TPSA) is 61.8 Å². The molecule has 5 rings (SSSR count). The summed E-state index contributed by atoms with van der Waals surface area (Å²) in [5, 5.41) is 0. The van der Waals surface area contributed by atoms with Crippen LogP contribution in [-0.2, 0) is 32.3 Å². The van der Waals surface area contributed by atoms with Crippen molar-refractivity contribution in [2.75, 3.05) is 6.61 Å². The molecule has 0 spiro atoms. The van der Waals surface area contributed by atoms with Crippen LogP contribution in [0.3, 0.4) is 0 Å². The highest BCUT2D eigenvalue weighted by Crippen LogP contribution is 2.44. The first kappa shape index (κ1) is 26.2. The van der Waals surface area contributed by atoms with Crippen LogP contribution in [0.2, 0.25) is 0 Å². The number of hydrogen-bond donors (Lipinski definition) is 0. The molecule has 198 valence electrons. The van der Waals surface area contributed by atoms with Gasteiger partial charge >= 0.3 is 11.9 Å². The molecule has 39 heavy (non-hydrogen) atoms. The van der Waals surface area contributed by atoms with Crippen LogP contribution in [0.5, 0.6) is 5.75 Å². The molecule has 0 radical (unpaired) electrons. The first-order valence-electron chi connectivity index (χ1n) is 13.3. The van der Waals surface area contributed by atoms with Crippen molar-refractivity contribution in [1.82, 2.24) is 0 Å². The molecule has 0 unspecified atom stereocenters. The third kappa shape index (κ3) is 6.74. The van der Waals surface area contributed by atoms with Gasteiger partial charge in [-0.15, -0.1) is 0 Å². The molecule has 1 aliphatic rings.